The molecule has 0 radical (unpaired) electrons. The summed E-state index contributed by atoms with van der Waals surface area (Å²) in [5.74, 6) is 0.140. The molecule has 34 heavy (non-hydrogen) atoms. The molecule has 0 amide bonds. The Bertz CT molecular complexity index is 1130. The number of para-hydroxylation sites is 1. The van der Waals surface area contributed by atoms with Crippen LogP contribution in [0.4, 0.5) is 8.78 Å². The topological polar surface area (TPSA) is 68.0 Å². The predicted octanol–water partition coefficient (Wildman–Crippen LogP) is 5.20. The SMILES string of the molecule is C[C@@]1(O)CC[C@]2(F)[C@H]3CC[C@]4(C)[C@@H](C(=O)Cn5nnc6ccccc65)CC[C@H]4[C@@H]3CC[C@]2(F)C1. The van der Waals surface area contributed by atoms with Gasteiger partial charge in [0.05, 0.1) is 11.1 Å². The summed E-state index contributed by atoms with van der Waals surface area (Å²) in [5.41, 5.74) is -3.47. The number of Topliss-reactive ketones (excluding diaryl/α,β-unsaturated/α-hetero) is 1. The monoisotopic (exact) mass is 471 g/mol. The van der Waals surface area contributed by atoms with Gasteiger partial charge in [-0.2, -0.15) is 0 Å². The van der Waals surface area contributed by atoms with Crippen molar-refractivity contribution in [3.8, 4) is 0 Å². The van der Waals surface area contributed by atoms with Crippen LogP contribution in [0, 0.1) is 29.1 Å². The van der Waals surface area contributed by atoms with Gasteiger partial charge in [-0.05, 0) is 93.6 Å². The number of nitrogens with zero attached hydrogens (tertiary/aromatic N) is 3. The van der Waals surface area contributed by atoms with Gasteiger partial charge in [0.25, 0.3) is 0 Å². The molecule has 4 saturated carbocycles. The fraction of sp³-hybridized carbons (Fsp3) is 0.741. The molecule has 0 bridgehead atoms. The highest BCUT2D eigenvalue weighted by Crippen LogP contribution is 2.68. The van der Waals surface area contributed by atoms with E-state index in [-0.39, 0.29) is 60.7 Å². The van der Waals surface area contributed by atoms with Crippen molar-refractivity contribution in [1.29, 1.82) is 0 Å². The van der Waals surface area contributed by atoms with E-state index in [0.717, 1.165) is 30.3 Å². The van der Waals surface area contributed by atoms with E-state index < -0.39 is 16.9 Å². The minimum atomic E-state index is -1.94. The van der Waals surface area contributed by atoms with Gasteiger partial charge in [0.2, 0.25) is 0 Å². The Morgan fingerprint density at radius 3 is 2.68 bits per heavy atom. The van der Waals surface area contributed by atoms with Crippen molar-refractivity contribution in [2.75, 3.05) is 0 Å². The summed E-state index contributed by atoms with van der Waals surface area (Å²) in [7, 11) is 0. The van der Waals surface area contributed by atoms with Crippen molar-refractivity contribution in [3.05, 3.63) is 24.3 Å². The molecule has 0 unspecified atom stereocenters. The molecule has 0 aliphatic heterocycles. The molecule has 0 spiro atoms. The lowest BCUT2D eigenvalue weighted by atomic mass is 9.47. The van der Waals surface area contributed by atoms with Gasteiger partial charge in [0.1, 0.15) is 23.4 Å². The maximum Gasteiger partial charge on any atom is 0.157 e. The number of alkyl halides is 2. The van der Waals surface area contributed by atoms with Gasteiger partial charge in [-0.1, -0.05) is 24.3 Å². The molecule has 184 valence electrons. The Hall–Kier alpha value is -1.89. The molecule has 2 aromatic rings. The van der Waals surface area contributed by atoms with Gasteiger partial charge in [-0.15, -0.1) is 5.10 Å². The average Bonchev–Trinajstić information content (AvgIpc) is 3.35. The highest BCUT2D eigenvalue weighted by molar-refractivity contribution is 5.84. The molecule has 6 rings (SSSR count). The number of carbonyl (C=O) groups excluding carboxylic acids is 1. The van der Waals surface area contributed by atoms with Crippen LogP contribution in [-0.2, 0) is 11.3 Å². The Labute approximate surface area is 199 Å². The van der Waals surface area contributed by atoms with E-state index >= 15 is 8.78 Å². The van der Waals surface area contributed by atoms with Crippen LogP contribution in [0.3, 0.4) is 0 Å². The first-order valence-electron chi connectivity index (χ1n) is 13.0. The summed E-state index contributed by atoms with van der Waals surface area (Å²) in [5, 5.41) is 18.9. The molecule has 5 nitrogen and oxygen atoms in total. The first-order valence-corrected chi connectivity index (χ1v) is 13.0. The number of aliphatic hydroxyl groups is 1. The van der Waals surface area contributed by atoms with Crippen molar-refractivity contribution in [2.24, 2.45) is 29.1 Å². The van der Waals surface area contributed by atoms with Gasteiger partial charge in [0, 0.05) is 12.3 Å². The largest absolute Gasteiger partial charge is 0.390 e. The van der Waals surface area contributed by atoms with Crippen LogP contribution in [0.15, 0.2) is 24.3 Å². The van der Waals surface area contributed by atoms with Gasteiger partial charge in [0.15, 0.2) is 5.78 Å². The number of hydrogen-bond donors (Lipinski definition) is 1. The molecular weight excluding hydrogens is 436 g/mol. The van der Waals surface area contributed by atoms with E-state index in [1.165, 1.54) is 0 Å². The van der Waals surface area contributed by atoms with E-state index in [9.17, 15) is 9.90 Å². The zero-order chi connectivity index (χ0) is 23.9. The summed E-state index contributed by atoms with van der Waals surface area (Å²) < 4.78 is 34.3. The fourth-order valence-electron chi connectivity index (χ4n) is 8.80. The van der Waals surface area contributed by atoms with E-state index in [2.05, 4.69) is 17.2 Å². The van der Waals surface area contributed by atoms with E-state index in [0.29, 0.717) is 19.3 Å². The summed E-state index contributed by atoms with van der Waals surface area (Å²) in [6.45, 7) is 4.07. The van der Waals surface area contributed by atoms with Gasteiger partial charge in [-0.25, -0.2) is 13.5 Å². The molecule has 4 fully saturated rings. The number of benzene rings is 1. The number of aromatic nitrogens is 3. The quantitative estimate of drug-likeness (QED) is 0.668. The Morgan fingerprint density at radius 2 is 1.85 bits per heavy atom. The second-order valence-corrected chi connectivity index (χ2v) is 12.3. The fourth-order valence-corrected chi connectivity index (χ4v) is 8.80. The van der Waals surface area contributed by atoms with E-state index in [1.54, 1.807) is 11.6 Å². The minimum absolute atomic E-state index is 0.0823. The second kappa shape index (κ2) is 7.31. The molecule has 7 heteroatoms. The first-order chi connectivity index (χ1) is 16.1. The first kappa shape index (κ1) is 22.6. The number of hydrogen-bond acceptors (Lipinski definition) is 4. The number of halogens is 2. The summed E-state index contributed by atoms with van der Waals surface area (Å²) in [4.78, 5) is 13.5. The van der Waals surface area contributed by atoms with Crippen LogP contribution >= 0.6 is 0 Å². The molecule has 1 aromatic carbocycles. The van der Waals surface area contributed by atoms with Crippen LogP contribution < -0.4 is 0 Å². The van der Waals surface area contributed by atoms with Crippen molar-refractivity contribution in [1.82, 2.24) is 15.0 Å². The molecule has 0 saturated heterocycles. The molecule has 8 atom stereocenters. The third kappa shape index (κ3) is 3.07. The van der Waals surface area contributed by atoms with Gasteiger partial charge < -0.3 is 5.11 Å². The molecule has 4 aliphatic carbocycles. The van der Waals surface area contributed by atoms with Crippen LogP contribution in [-0.4, -0.2) is 42.8 Å². The lowest BCUT2D eigenvalue weighted by Crippen LogP contribution is -2.66. The lowest BCUT2D eigenvalue weighted by molar-refractivity contribution is -0.217. The normalized spacial score (nSPS) is 46.0. The predicted molar refractivity (Wildman–Crippen MR) is 124 cm³/mol. The number of rotatable bonds is 3. The third-order valence-corrected chi connectivity index (χ3v) is 10.4. The maximum atomic E-state index is 16.5. The number of ketones is 1. The van der Waals surface area contributed by atoms with E-state index in [1.807, 2.05) is 24.3 Å². The maximum absolute atomic E-state index is 16.5. The van der Waals surface area contributed by atoms with Crippen LogP contribution in [0.1, 0.15) is 71.6 Å². The highest BCUT2D eigenvalue weighted by atomic mass is 19.2. The van der Waals surface area contributed by atoms with Crippen LogP contribution in [0.5, 0.6) is 0 Å². The molecule has 4 aliphatic rings. The summed E-state index contributed by atoms with van der Waals surface area (Å²) in [6, 6.07) is 7.65. The van der Waals surface area contributed by atoms with Gasteiger partial charge in [-0.3, -0.25) is 4.79 Å². The summed E-state index contributed by atoms with van der Waals surface area (Å²) in [6.07, 6.45) is 4.23. The molecule has 1 N–H and O–H groups in total. The van der Waals surface area contributed by atoms with E-state index in [4.69, 9.17) is 0 Å². The second-order valence-electron chi connectivity index (χ2n) is 12.3. The Balaban J connectivity index is 1.24. The Kier molecular flexibility index (Phi) is 4.85. The van der Waals surface area contributed by atoms with Crippen molar-refractivity contribution in [3.63, 3.8) is 0 Å². The van der Waals surface area contributed by atoms with Crippen molar-refractivity contribution >= 4 is 16.8 Å². The number of carbonyl (C=O) groups is 1. The number of fused-ring (bicyclic) bond motifs is 6. The zero-order valence-corrected chi connectivity index (χ0v) is 20.1. The molecule has 1 heterocycles. The minimum Gasteiger partial charge on any atom is -0.390 e. The van der Waals surface area contributed by atoms with Crippen LogP contribution in [0.2, 0.25) is 0 Å². The average molecular weight is 472 g/mol. The Morgan fingerprint density at radius 1 is 1.06 bits per heavy atom. The van der Waals surface area contributed by atoms with Crippen molar-refractivity contribution < 1.29 is 18.7 Å². The highest BCUT2D eigenvalue weighted by Gasteiger charge is 2.69. The zero-order valence-electron chi connectivity index (χ0n) is 20.1. The molecule has 1 aromatic heterocycles. The molecular formula is C27H35F2N3O2. The summed E-state index contributed by atoms with van der Waals surface area (Å²) >= 11 is 0. The van der Waals surface area contributed by atoms with Crippen LogP contribution in [0.25, 0.3) is 11.0 Å². The smallest absolute Gasteiger partial charge is 0.157 e. The van der Waals surface area contributed by atoms with Crippen molar-refractivity contribution in [2.45, 2.75) is 95.1 Å². The van der Waals surface area contributed by atoms with Gasteiger partial charge >= 0.3 is 0 Å². The lowest BCUT2D eigenvalue weighted by Gasteiger charge is -2.61. The third-order valence-electron chi connectivity index (χ3n) is 10.4. The standard InChI is InChI=1S/C27H35F2N3O2/c1-24(34)13-14-27(29)19-10-11-25(2)18(17(19)9-12-26(27,28)16-24)7-8-20(25)23(33)15-32-22-6-4-3-5-21(22)30-31-32/h3-6,17-20,34H,7-16H2,1-2H3/t17-,18-,19-,20+,24+,25-,26-,27-/m0/s1.